The number of hydrogen-bond donors (Lipinski definition) is 0. The maximum absolute atomic E-state index is 3.11. The summed E-state index contributed by atoms with van der Waals surface area (Å²) < 4.78 is 0. The van der Waals surface area contributed by atoms with Crippen molar-refractivity contribution >= 4 is 0 Å². The van der Waals surface area contributed by atoms with Gasteiger partial charge in [-0.15, -0.1) is 0 Å². The SMILES string of the molecule is CCCC#CC=C(CC)CC. The van der Waals surface area contributed by atoms with Crippen molar-refractivity contribution in [1.29, 1.82) is 0 Å². The molecule has 0 aromatic rings. The van der Waals surface area contributed by atoms with Crippen LogP contribution in [0.2, 0.25) is 0 Å². The lowest BCUT2D eigenvalue weighted by molar-refractivity contribution is 0.975. The van der Waals surface area contributed by atoms with Crippen molar-refractivity contribution < 1.29 is 0 Å². The van der Waals surface area contributed by atoms with Gasteiger partial charge in [-0.3, -0.25) is 0 Å². The molecule has 0 heterocycles. The van der Waals surface area contributed by atoms with Gasteiger partial charge in [0.25, 0.3) is 0 Å². The van der Waals surface area contributed by atoms with Crippen LogP contribution in [0.25, 0.3) is 0 Å². The fourth-order valence-electron chi connectivity index (χ4n) is 0.804. The zero-order valence-electron chi connectivity index (χ0n) is 7.91. The van der Waals surface area contributed by atoms with Crippen molar-refractivity contribution in [1.82, 2.24) is 0 Å². The average molecular weight is 150 g/mol. The Balaban J connectivity index is 3.79. The number of rotatable bonds is 3. The van der Waals surface area contributed by atoms with Gasteiger partial charge in [-0.05, 0) is 25.3 Å². The van der Waals surface area contributed by atoms with Gasteiger partial charge in [0.2, 0.25) is 0 Å². The minimum atomic E-state index is 1.03. The van der Waals surface area contributed by atoms with Crippen LogP contribution in [0, 0.1) is 11.8 Å². The molecule has 0 aliphatic heterocycles. The molecule has 0 rings (SSSR count). The molecule has 0 amide bonds. The van der Waals surface area contributed by atoms with Crippen LogP contribution >= 0.6 is 0 Å². The minimum absolute atomic E-state index is 1.03. The Kier molecular flexibility index (Phi) is 6.94. The van der Waals surface area contributed by atoms with E-state index in [0.717, 1.165) is 25.7 Å². The molecule has 0 saturated heterocycles. The first-order chi connectivity index (χ1) is 5.35. The zero-order valence-corrected chi connectivity index (χ0v) is 7.91. The maximum Gasteiger partial charge on any atom is 0.00896 e. The summed E-state index contributed by atoms with van der Waals surface area (Å²) in [5.74, 6) is 6.18. The smallest absolute Gasteiger partial charge is 0.00896 e. The molecule has 0 aromatic heterocycles. The van der Waals surface area contributed by atoms with E-state index < -0.39 is 0 Å². The van der Waals surface area contributed by atoms with Gasteiger partial charge in [0.1, 0.15) is 0 Å². The Hall–Kier alpha value is -0.700. The second kappa shape index (κ2) is 7.41. The quantitative estimate of drug-likeness (QED) is 0.540. The standard InChI is InChI=1S/C11H18/c1-4-7-8-9-10-11(5-2)6-3/h10H,4-7H2,1-3H3. The molecule has 0 bridgehead atoms. The number of unbranched alkanes of at least 4 members (excludes halogenated alkanes) is 1. The van der Waals surface area contributed by atoms with Gasteiger partial charge < -0.3 is 0 Å². The molecular weight excluding hydrogens is 132 g/mol. The highest BCUT2D eigenvalue weighted by atomic mass is 13.9. The molecule has 0 nitrogen and oxygen atoms in total. The highest BCUT2D eigenvalue weighted by Crippen LogP contribution is 2.03. The molecule has 0 radical (unpaired) electrons. The van der Waals surface area contributed by atoms with E-state index in [1.54, 1.807) is 0 Å². The monoisotopic (exact) mass is 150 g/mol. The van der Waals surface area contributed by atoms with E-state index in [2.05, 4.69) is 38.7 Å². The topological polar surface area (TPSA) is 0 Å². The van der Waals surface area contributed by atoms with Crippen LogP contribution in [0.3, 0.4) is 0 Å². The first-order valence-electron chi connectivity index (χ1n) is 4.51. The van der Waals surface area contributed by atoms with Crippen LogP contribution in [0.1, 0.15) is 46.5 Å². The molecule has 0 aromatic carbocycles. The highest BCUT2D eigenvalue weighted by Gasteiger charge is 1.84. The average Bonchev–Trinajstić information content (AvgIpc) is 2.05. The molecular formula is C11H18. The van der Waals surface area contributed by atoms with Crippen LogP contribution < -0.4 is 0 Å². The molecule has 0 spiro atoms. The van der Waals surface area contributed by atoms with Crippen molar-refractivity contribution in [3.05, 3.63) is 11.6 Å². The van der Waals surface area contributed by atoms with Gasteiger partial charge in [-0.1, -0.05) is 38.2 Å². The lowest BCUT2D eigenvalue weighted by atomic mass is 10.1. The van der Waals surface area contributed by atoms with Gasteiger partial charge in [0.05, 0.1) is 0 Å². The van der Waals surface area contributed by atoms with E-state index in [0.29, 0.717) is 0 Å². The summed E-state index contributed by atoms with van der Waals surface area (Å²) in [6.07, 6.45) is 6.52. The Morgan fingerprint density at radius 3 is 2.27 bits per heavy atom. The third-order valence-electron chi connectivity index (χ3n) is 1.66. The molecule has 0 saturated carbocycles. The second-order valence-corrected chi connectivity index (χ2v) is 2.58. The first-order valence-corrected chi connectivity index (χ1v) is 4.51. The Morgan fingerprint density at radius 2 is 1.82 bits per heavy atom. The summed E-state index contributed by atoms with van der Waals surface area (Å²) in [5.41, 5.74) is 1.45. The fraction of sp³-hybridized carbons (Fsp3) is 0.636. The summed E-state index contributed by atoms with van der Waals surface area (Å²) in [7, 11) is 0. The van der Waals surface area contributed by atoms with Gasteiger partial charge in [-0.25, -0.2) is 0 Å². The lowest BCUT2D eigenvalue weighted by Gasteiger charge is -1.93. The van der Waals surface area contributed by atoms with E-state index in [9.17, 15) is 0 Å². The normalized spacial score (nSPS) is 8.27. The van der Waals surface area contributed by atoms with Gasteiger partial charge in [0, 0.05) is 6.42 Å². The second-order valence-electron chi connectivity index (χ2n) is 2.58. The summed E-state index contributed by atoms with van der Waals surface area (Å²) in [5, 5.41) is 0. The number of hydrogen-bond acceptors (Lipinski definition) is 0. The summed E-state index contributed by atoms with van der Waals surface area (Å²) in [6.45, 7) is 6.51. The Morgan fingerprint density at radius 1 is 1.18 bits per heavy atom. The van der Waals surface area contributed by atoms with E-state index in [1.165, 1.54) is 5.57 Å². The Labute approximate surface area is 70.7 Å². The van der Waals surface area contributed by atoms with Gasteiger partial charge >= 0.3 is 0 Å². The highest BCUT2D eigenvalue weighted by molar-refractivity contribution is 5.20. The molecule has 0 fully saturated rings. The van der Waals surface area contributed by atoms with Crippen LogP contribution in [-0.2, 0) is 0 Å². The van der Waals surface area contributed by atoms with Crippen molar-refractivity contribution in [2.24, 2.45) is 0 Å². The molecule has 0 unspecified atom stereocenters. The molecule has 0 N–H and O–H groups in total. The van der Waals surface area contributed by atoms with Crippen molar-refractivity contribution in [2.75, 3.05) is 0 Å². The van der Waals surface area contributed by atoms with E-state index in [4.69, 9.17) is 0 Å². The summed E-state index contributed by atoms with van der Waals surface area (Å²) >= 11 is 0. The predicted molar refractivity (Wildman–Crippen MR) is 51.3 cm³/mol. The van der Waals surface area contributed by atoms with Gasteiger partial charge in [-0.2, -0.15) is 0 Å². The van der Waals surface area contributed by atoms with E-state index in [-0.39, 0.29) is 0 Å². The van der Waals surface area contributed by atoms with Crippen molar-refractivity contribution in [3.8, 4) is 11.8 Å². The molecule has 11 heavy (non-hydrogen) atoms. The number of allylic oxidation sites excluding steroid dienone is 2. The third kappa shape index (κ3) is 5.73. The molecule has 0 aliphatic carbocycles. The lowest BCUT2D eigenvalue weighted by Crippen LogP contribution is -1.74. The summed E-state index contributed by atoms with van der Waals surface area (Å²) in [6, 6.07) is 0. The maximum atomic E-state index is 3.11. The summed E-state index contributed by atoms with van der Waals surface area (Å²) in [4.78, 5) is 0. The molecule has 0 aliphatic rings. The van der Waals surface area contributed by atoms with Crippen molar-refractivity contribution in [2.45, 2.75) is 46.5 Å². The molecule has 0 heteroatoms. The van der Waals surface area contributed by atoms with Crippen molar-refractivity contribution in [3.63, 3.8) is 0 Å². The van der Waals surface area contributed by atoms with E-state index >= 15 is 0 Å². The minimum Gasteiger partial charge on any atom is -0.0985 e. The fourth-order valence-corrected chi connectivity index (χ4v) is 0.804. The Bertz CT molecular complexity index is 158. The molecule has 62 valence electrons. The molecule has 0 atom stereocenters. The van der Waals surface area contributed by atoms with Crippen LogP contribution in [0.15, 0.2) is 11.6 Å². The van der Waals surface area contributed by atoms with Crippen LogP contribution in [0.5, 0.6) is 0 Å². The zero-order chi connectivity index (χ0) is 8.53. The van der Waals surface area contributed by atoms with Gasteiger partial charge in [0.15, 0.2) is 0 Å². The predicted octanol–water partition coefficient (Wildman–Crippen LogP) is 3.54. The van der Waals surface area contributed by atoms with Crippen LogP contribution in [0.4, 0.5) is 0 Å². The third-order valence-corrected chi connectivity index (χ3v) is 1.66. The van der Waals surface area contributed by atoms with E-state index in [1.807, 2.05) is 0 Å². The largest absolute Gasteiger partial charge is 0.0985 e. The van der Waals surface area contributed by atoms with Crippen LogP contribution in [-0.4, -0.2) is 0 Å². The first kappa shape index (κ1) is 10.3.